The monoisotopic (exact) mass is 300 g/mol. The molecule has 2 rings (SSSR count). The molecule has 1 amide bonds. The lowest BCUT2D eigenvalue weighted by Gasteiger charge is -2.15. The van der Waals surface area contributed by atoms with Crippen LogP contribution in [-0.2, 0) is 10.1 Å². The van der Waals surface area contributed by atoms with Gasteiger partial charge >= 0.3 is 10.1 Å². The van der Waals surface area contributed by atoms with Crippen LogP contribution in [0.1, 0.15) is 21.3 Å². The highest BCUT2D eigenvalue weighted by atomic mass is 32.2. The molecular formula is C11H12N2O4S2. The van der Waals surface area contributed by atoms with E-state index in [1.807, 2.05) is 0 Å². The number of aliphatic imine (C=N–C) groups is 1. The number of thioether (sulfide) groups is 1. The third-order valence-corrected chi connectivity index (χ3v) is 3.89. The number of hydrogen-bond donors (Lipinski definition) is 1. The van der Waals surface area contributed by atoms with Gasteiger partial charge in [-0.2, -0.15) is 8.42 Å². The van der Waals surface area contributed by atoms with Crippen LogP contribution in [0.4, 0.5) is 0 Å². The van der Waals surface area contributed by atoms with Crippen LogP contribution in [0.25, 0.3) is 0 Å². The molecule has 102 valence electrons. The van der Waals surface area contributed by atoms with E-state index in [1.54, 1.807) is 6.21 Å². The summed E-state index contributed by atoms with van der Waals surface area (Å²) in [5.74, 6) is 0.141. The van der Waals surface area contributed by atoms with Crippen molar-refractivity contribution < 1.29 is 17.4 Å². The number of carbonyl (C=O) groups excluding carboxylic acids is 1. The van der Waals surface area contributed by atoms with Gasteiger partial charge in [-0.15, -0.1) is 11.8 Å². The molecule has 1 aliphatic heterocycles. The minimum Gasteiger partial charge on any atom is -0.382 e. The molecule has 0 saturated carbocycles. The van der Waals surface area contributed by atoms with Crippen molar-refractivity contribution in [1.82, 2.24) is 0 Å². The lowest BCUT2D eigenvalue weighted by molar-refractivity contribution is 0.0999. The molecule has 6 nitrogen and oxygen atoms in total. The third kappa shape index (κ3) is 3.27. The first-order valence-corrected chi connectivity index (χ1v) is 8.20. The van der Waals surface area contributed by atoms with E-state index in [9.17, 15) is 13.2 Å². The van der Waals surface area contributed by atoms with E-state index in [0.717, 1.165) is 6.26 Å². The maximum absolute atomic E-state index is 11.5. The normalized spacial score (nSPS) is 18.5. The molecule has 8 heteroatoms. The Hall–Kier alpha value is -1.54. The van der Waals surface area contributed by atoms with Gasteiger partial charge in [-0.3, -0.25) is 9.79 Å². The Morgan fingerprint density at radius 2 is 2.26 bits per heavy atom. The fraction of sp³-hybridized carbons (Fsp3) is 0.273. The summed E-state index contributed by atoms with van der Waals surface area (Å²) < 4.78 is 27.4. The topological polar surface area (TPSA) is 98.8 Å². The van der Waals surface area contributed by atoms with Crippen molar-refractivity contribution >= 4 is 34.0 Å². The molecule has 0 bridgehead atoms. The maximum atomic E-state index is 11.5. The Balaban J connectivity index is 2.56. The molecule has 0 fully saturated rings. The van der Waals surface area contributed by atoms with Crippen LogP contribution in [-0.4, -0.2) is 32.5 Å². The first kappa shape index (κ1) is 13.9. The standard InChI is InChI=1S/C11H12N2O4S2/c1-19(15,16)17-8-4-2-3-7(10(12)14)9(8)11-13-5-6-18-11/h2-5,11H,6H2,1H3,(H2,12,14). The Morgan fingerprint density at radius 1 is 1.53 bits per heavy atom. The number of nitrogens with zero attached hydrogens (tertiary/aromatic N) is 1. The van der Waals surface area contributed by atoms with Crippen molar-refractivity contribution in [1.29, 1.82) is 0 Å². The summed E-state index contributed by atoms with van der Waals surface area (Å²) in [5.41, 5.74) is 5.93. The summed E-state index contributed by atoms with van der Waals surface area (Å²) in [7, 11) is -3.68. The lowest BCUT2D eigenvalue weighted by atomic mass is 10.1. The molecule has 1 unspecified atom stereocenters. The van der Waals surface area contributed by atoms with Crippen LogP contribution in [0.2, 0.25) is 0 Å². The van der Waals surface area contributed by atoms with Gasteiger partial charge in [0.1, 0.15) is 11.1 Å². The highest BCUT2D eigenvalue weighted by Gasteiger charge is 2.25. The van der Waals surface area contributed by atoms with E-state index in [-0.39, 0.29) is 16.7 Å². The molecule has 0 spiro atoms. The van der Waals surface area contributed by atoms with Crippen LogP contribution in [0, 0.1) is 0 Å². The SMILES string of the molecule is CS(=O)(=O)Oc1cccc(C(N)=O)c1C1N=CCS1. The van der Waals surface area contributed by atoms with E-state index in [2.05, 4.69) is 4.99 Å². The summed E-state index contributed by atoms with van der Waals surface area (Å²) >= 11 is 1.46. The van der Waals surface area contributed by atoms with E-state index >= 15 is 0 Å². The Labute approximate surface area is 115 Å². The first-order chi connectivity index (χ1) is 8.88. The minimum atomic E-state index is -3.68. The fourth-order valence-electron chi connectivity index (χ4n) is 1.72. The molecule has 2 N–H and O–H groups in total. The zero-order valence-electron chi connectivity index (χ0n) is 10.1. The van der Waals surface area contributed by atoms with Crippen molar-refractivity contribution in [3.63, 3.8) is 0 Å². The van der Waals surface area contributed by atoms with Crippen LogP contribution in [0.5, 0.6) is 5.75 Å². The predicted molar refractivity (Wildman–Crippen MR) is 74.1 cm³/mol. The molecule has 0 saturated heterocycles. The summed E-state index contributed by atoms with van der Waals surface area (Å²) in [4.78, 5) is 15.6. The van der Waals surface area contributed by atoms with Crippen molar-refractivity contribution in [2.45, 2.75) is 5.37 Å². The average Bonchev–Trinajstić information content (AvgIpc) is 2.79. The van der Waals surface area contributed by atoms with Crippen LogP contribution in [0.3, 0.4) is 0 Å². The molecule has 1 aromatic carbocycles. The molecule has 0 aromatic heterocycles. The first-order valence-electron chi connectivity index (χ1n) is 5.34. The smallest absolute Gasteiger partial charge is 0.306 e. The number of benzene rings is 1. The van der Waals surface area contributed by atoms with Crippen molar-refractivity contribution in [3.05, 3.63) is 29.3 Å². The lowest BCUT2D eigenvalue weighted by Crippen LogP contribution is -2.16. The van der Waals surface area contributed by atoms with E-state index in [0.29, 0.717) is 11.3 Å². The second-order valence-electron chi connectivity index (χ2n) is 3.89. The van der Waals surface area contributed by atoms with Gasteiger partial charge in [0.15, 0.2) is 0 Å². The Bertz CT molecular complexity index is 640. The van der Waals surface area contributed by atoms with Gasteiger partial charge in [-0.25, -0.2) is 0 Å². The maximum Gasteiger partial charge on any atom is 0.306 e. The Kier molecular flexibility index (Phi) is 3.81. The van der Waals surface area contributed by atoms with Gasteiger partial charge < -0.3 is 9.92 Å². The highest BCUT2D eigenvalue weighted by molar-refractivity contribution is 8.00. The zero-order chi connectivity index (χ0) is 14.0. The van der Waals surface area contributed by atoms with Gasteiger partial charge in [0.2, 0.25) is 5.91 Å². The average molecular weight is 300 g/mol. The molecule has 0 radical (unpaired) electrons. The summed E-state index contributed by atoms with van der Waals surface area (Å²) in [5, 5.41) is -0.375. The van der Waals surface area contributed by atoms with Gasteiger partial charge in [0, 0.05) is 23.1 Å². The van der Waals surface area contributed by atoms with Gasteiger partial charge in [-0.1, -0.05) is 6.07 Å². The summed E-state index contributed by atoms with van der Waals surface area (Å²) in [6, 6.07) is 4.53. The van der Waals surface area contributed by atoms with Crippen LogP contribution >= 0.6 is 11.8 Å². The zero-order valence-corrected chi connectivity index (χ0v) is 11.7. The van der Waals surface area contributed by atoms with Crippen molar-refractivity contribution in [3.8, 4) is 5.75 Å². The van der Waals surface area contributed by atoms with Crippen molar-refractivity contribution in [2.24, 2.45) is 10.7 Å². The quantitative estimate of drug-likeness (QED) is 0.834. The van der Waals surface area contributed by atoms with Crippen LogP contribution < -0.4 is 9.92 Å². The number of rotatable bonds is 4. The molecule has 1 atom stereocenters. The largest absolute Gasteiger partial charge is 0.382 e. The van der Waals surface area contributed by atoms with Crippen molar-refractivity contribution in [2.75, 3.05) is 12.0 Å². The Morgan fingerprint density at radius 3 is 2.79 bits per heavy atom. The molecule has 0 aliphatic carbocycles. The van der Waals surface area contributed by atoms with E-state index in [4.69, 9.17) is 9.92 Å². The number of primary amides is 1. The van der Waals surface area contributed by atoms with Crippen LogP contribution in [0.15, 0.2) is 23.2 Å². The highest BCUT2D eigenvalue weighted by Crippen LogP contribution is 2.40. The molecule has 1 aromatic rings. The molecule has 1 aliphatic rings. The van der Waals surface area contributed by atoms with Gasteiger partial charge in [-0.05, 0) is 12.1 Å². The second kappa shape index (κ2) is 5.22. The molecule has 19 heavy (non-hydrogen) atoms. The third-order valence-electron chi connectivity index (χ3n) is 2.39. The van der Waals surface area contributed by atoms with E-state index < -0.39 is 16.0 Å². The predicted octanol–water partition coefficient (Wildman–Crippen LogP) is 0.940. The number of nitrogens with two attached hydrogens (primary N) is 1. The number of hydrogen-bond acceptors (Lipinski definition) is 6. The molecule has 1 heterocycles. The second-order valence-corrected chi connectivity index (χ2v) is 6.57. The van der Waals surface area contributed by atoms with E-state index in [1.165, 1.54) is 30.0 Å². The fourth-order valence-corrected chi connectivity index (χ4v) is 3.13. The van der Waals surface area contributed by atoms with Gasteiger partial charge in [0.05, 0.1) is 6.26 Å². The summed E-state index contributed by atoms with van der Waals surface area (Å²) in [6.07, 6.45) is 2.65. The van der Waals surface area contributed by atoms with Gasteiger partial charge in [0.25, 0.3) is 0 Å². The molecular weight excluding hydrogens is 288 g/mol. The minimum absolute atomic E-state index is 0.0929. The number of carbonyl (C=O) groups is 1. The number of amides is 1. The summed E-state index contributed by atoms with van der Waals surface area (Å²) in [6.45, 7) is 0.